The summed E-state index contributed by atoms with van der Waals surface area (Å²) in [6.07, 6.45) is 4.89. The molecule has 100 valence electrons. The van der Waals surface area contributed by atoms with Gasteiger partial charge in [-0.3, -0.25) is 0 Å². The third-order valence-electron chi connectivity index (χ3n) is 4.57. The minimum Gasteiger partial charge on any atom is -0.143 e. The normalized spacial score (nSPS) is 20.6. The largest absolute Gasteiger partial charge is 0.143 e. The summed E-state index contributed by atoms with van der Waals surface area (Å²) in [5, 5.41) is 0. The standard InChI is InChI=1S/C17H26S/c1-6-7-12-10-13-14(11-15(12)18)17(4,5)9-8-16(13,2)3/h10-11,18H,6-9H2,1-5H3. The fourth-order valence-electron chi connectivity index (χ4n) is 3.12. The first kappa shape index (κ1) is 14.0. The van der Waals surface area contributed by atoms with E-state index in [-0.39, 0.29) is 0 Å². The predicted molar refractivity (Wildman–Crippen MR) is 83.0 cm³/mol. The maximum atomic E-state index is 4.70. The average Bonchev–Trinajstić information content (AvgIpc) is 2.27. The van der Waals surface area contributed by atoms with Crippen LogP contribution in [0.15, 0.2) is 17.0 Å². The van der Waals surface area contributed by atoms with E-state index in [0.717, 1.165) is 6.42 Å². The van der Waals surface area contributed by atoms with Gasteiger partial charge in [-0.25, -0.2) is 0 Å². The van der Waals surface area contributed by atoms with E-state index < -0.39 is 0 Å². The molecule has 1 aliphatic rings. The fourth-order valence-corrected chi connectivity index (χ4v) is 3.42. The molecule has 0 saturated heterocycles. The van der Waals surface area contributed by atoms with Crippen molar-refractivity contribution in [2.24, 2.45) is 0 Å². The van der Waals surface area contributed by atoms with Crippen molar-refractivity contribution in [3.05, 3.63) is 28.8 Å². The maximum absolute atomic E-state index is 4.70. The minimum absolute atomic E-state index is 0.299. The smallest absolute Gasteiger partial charge is 0.00751 e. The third-order valence-corrected chi connectivity index (χ3v) is 4.99. The van der Waals surface area contributed by atoms with Gasteiger partial charge in [-0.05, 0) is 52.8 Å². The lowest BCUT2D eigenvalue weighted by Gasteiger charge is -2.42. The fraction of sp³-hybridized carbons (Fsp3) is 0.647. The highest BCUT2D eigenvalue weighted by molar-refractivity contribution is 7.80. The molecule has 1 aliphatic carbocycles. The number of hydrogen-bond donors (Lipinski definition) is 1. The lowest BCUT2D eigenvalue weighted by atomic mass is 9.63. The van der Waals surface area contributed by atoms with Crippen molar-refractivity contribution < 1.29 is 0 Å². The molecule has 0 aromatic heterocycles. The Balaban J connectivity index is 2.61. The molecule has 0 amide bonds. The first-order valence-electron chi connectivity index (χ1n) is 7.15. The van der Waals surface area contributed by atoms with Crippen LogP contribution in [0.5, 0.6) is 0 Å². The van der Waals surface area contributed by atoms with E-state index >= 15 is 0 Å². The van der Waals surface area contributed by atoms with Crippen LogP contribution >= 0.6 is 12.6 Å². The van der Waals surface area contributed by atoms with Crippen LogP contribution in [-0.2, 0) is 17.3 Å². The lowest BCUT2D eigenvalue weighted by molar-refractivity contribution is 0.331. The first-order chi connectivity index (χ1) is 8.28. The number of fused-ring (bicyclic) bond motifs is 1. The molecule has 0 atom stereocenters. The summed E-state index contributed by atoms with van der Waals surface area (Å²) in [6, 6.07) is 4.77. The summed E-state index contributed by atoms with van der Waals surface area (Å²) < 4.78 is 0. The molecule has 18 heavy (non-hydrogen) atoms. The number of benzene rings is 1. The minimum atomic E-state index is 0.299. The zero-order valence-corrected chi connectivity index (χ0v) is 13.3. The highest BCUT2D eigenvalue weighted by Gasteiger charge is 2.37. The van der Waals surface area contributed by atoms with Gasteiger partial charge in [-0.2, -0.15) is 0 Å². The van der Waals surface area contributed by atoms with Crippen molar-refractivity contribution in [3.63, 3.8) is 0 Å². The van der Waals surface area contributed by atoms with Crippen LogP contribution in [0, 0.1) is 0 Å². The van der Waals surface area contributed by atoms with Gasteiger partial charge in [-0.1, -0.05) is 47.1 Å². The van der Waals surface area contributed by atoms with Gasteiger partial charge in [-0.15, -0.1) is 12.6 Å². The summed E-state index contributed by atoms with van der Waals surface area (Å²) in [5.74, 6) is 0. The Kier molecular flexibility index (Phi) is 3.57. The van der Waals surface area contributed by atoms with Gasteiger partial charge in [0.05, 0.1) is 0 Å². The number of aryl methyl sites for hydroxylation is 1. The topological polar surface area (TPSA) is 0 Å². The molecule has 1 aromatic carbocycles. The van der Waals surface area contributed by atoms with Crippen LogP contribution in [0.25, 0.3) is 0 Å². The van der Waals surface area contributed by atoms with E-state index in [1.54, 1.807) is 5.56 Å². The molecule has 1 heteroatoms. The molecule has 0 radical (unpaired) electrons. The van der Waals surface area contributed by atoms with Crippen LogP contribution in [0.3, 0.4) is 0 Å². The number of hydrogen-bond acceptors (Lipinski definition) is 1. The highest BCUT2D eigenvalue weighted by atomic mass is 32.1. The number of rotatable bonds is 2. The Labute approximate surface area is 118 Å². The second-order valence-electron chi connectivity index (χ2n) is 7.04. The molecule has 0 spiro atoms. The van der Waals surface area contributed by atoms with E-state index in [0.29, 0.717) is 10.8 Å². The molecule has 0 unspecified atom stereocenters. The van der Waals surface area contributed by atoms with Gasteiger partial charge in [0.15, 0.2) is 0 Å². The van der Waals surface area contributed by atoms with Crippen molar-refractivity contribution >= 4 is 12.6 Å². The summed E-state index contributed by atoms with van der Waals surface area (Å²) >= 11 is 4.70. The summed E-state index contributed by atoms with van der Waals surface area (Å²) in [6.45, 7) is 11.7. The van der Waals surface area contributed by atoms with Crippen LogP contribution < -0.4 is 0 Å². The van der Waals surface area contributed by atoms with Crippen molar-refractivity contribution in [1.29, 1.82) is 0 Å². The van der Waals surface area contributed by atoms with Gasteiger partial charge in [0, 0.05) is 4.90 Å². The van der Waals surface area contributed by atoms with Gasteiger partial charge >= 0.3 is 0 Å². The van der Waals surface area contributed by atoms with E-state index in [1.165, 1.54) is 35.3 Å². The third kappa shape index (κ3) is 2.34. The molecule has 0 bridgehead atoms. The summed E-state index contributed by atoms with van der Waals surface area (Å²) in [7, 11) is 0. The molecule has 0 fully saturated rings. The quantitative estimate of drug-likeness (QED) is 0.689. The molecule has 0 nitrogen and oxygen atoms in total. The van der Waals surface area contributed by atoms with E-state index in [4.69, 9.17) is 12.6 Å². The van der Waals surface area contributed by atoms with Gasteiger partial charge in [0.2, 0.25) is 0 Å². The molecular weight excluding hydrogens is 236 g/mol. The van der Waals surface area contributed by atoms with E-state index in [2.05, 4.69) is 46.8 Å². The molecule has 2 rings (SSSR count). The zero-order valence-electron chi connectivity index (χ0n) is 12.4. The van der Waals surface area contributed by atoms with Crippen LogP contribution in [0.2, 0.25) is 0 Å². The average molecular weight is 262 g/mol. The van der Waals surface area contributed by atoms with Crippen LogP contribution in [0.1, 0.15) is 70.6 Å². The number of thiol groups is 1. The second kappa shape index (κ2) is 4.59. The molecule has 1 aromatic rings. The Morgan fingerprint density at radius 3 is 2.00 bits per heavy atom. The Morgan fingerprint density at radius 1 is 1.00 bits per heavy atom. The maximum Gasteiger partial charge on any atom is 0.00751 e. The van der Waals surface area contributed by atoms with E-state index in [9.17, 15) is 0 Å². The Hall–Kier alpha value is -0.430. The monoisotopic (exact) mass is 262 g/mol. The van der Waals surface area contributed by atoms with Crippen molar-refractivity contribution in [3.8, 4) is 0 Å². The van der Waals surface area contributed by atoms with Crippen molar-refractivity contribution in [1.82, 2.24) is 0 Å². The predicted octanol–water partition coefficient (Wildman–Crippen LogP) is 5.28. The Morgan fingerprint density at radius 2 is 1.50 bits per heavy atom. The Bertz CT molecular complexity index is 455. The SMILES string of the molecule is CCCc1cc2c(cc1S)C(C)(C)CCC2(C)C. The van der Waals surface area contributed by atoms with Crippen molar-refractivity contribution in [2.45, 2.75) is 76.0 Å². The summed E-state index contributed by atoms with van der Waals surface area (Å²) in [4.78, 5) is 1.18. The first-order valence-corrected chi connectivity index (χ1v) is 7.59. The molecular formula is C17H26S. The molecule has 0 N–H and O–H groups in total. The van der Waals surface area contributed by atoms with Crippen LogP contribution in [-0.4, -0.2) is 0 Å². The van der Waals surface area contributed by atoms with Crippen LogP contribution in [0.4, 0.5) is 0 Å². The van der Waals surface area contributed by atoms with Gasteiger partial charge in [0.1, 0.15) is 0 Å². The molecule has 0 heterocycles. The van der Waals surface area contributed by atoms with Crippen molar-refractivity contribution in [2.75, 3.05) is 0 Å². The van der Waals surface area contributed by atoms with Gasteiger partial charge < -0.3 is 0 Å². The lowest BCUT2D eigenvalue weighted by Crippen LogP contribution is -2.34. The van der Waals surface area contributed by atoms with E-state index in [1.807, 2.05) is 0 Å². The molecule has 0 aliphatic heterocycles. The molecule has 0 saturated carbocycles. The van der Waals surface area contributed by atoms with Gasteiger partial charge in [0.25, 0.3) is 0 Å². The summed E-state index contributed by atoms with van der Waals surface area (Å²) in [5.41, 5.74) is 5.11. The zero-order chi connectivity index (χ0) is 13.6. The highest BCUT2D eigenvalue weighted by Crippen LogP contribution is 2.47. The second-order valence-corrected chi connectivity index (χ2v) is 7.53.